The van der Waals surface area contributed by atoms with Crippen molar-refractivity contribution < 1.29 is 57.5 Å². The summed E-state index contributed by atoms with van der Waals surface area (Å²) in [5.74, 6) is -4.46. The summed E-state index contributed by atoms with van der Waals surface area (Å²) in [7, 11) is 0. The molecule has 256 valence electrons. The van der Waals surface area contributed by atoms with Crippen molar-refractivity contribution in [2.45, 2.75) is 142 Å². The second-order valence-electron chi connectivity index (χ2n) is 13.5. The molecule has 2 heterocycles. The number of ether oxygens (including phenoxy) is 6. The van der Waals surface area contributed by atoms with Crippen LogP contribution in [0.3, 0.4) is 0 Å². The van der Waals surface area contributed by atoms with E-state index in [1.165, 1.54) is 20.8 Å². The number of esters is 5. The standard InChI is InChI=1S/C34H48O12/c1-9-10-11-12-13-14-25(38)45-28-19(3)17-24-34(33(8,46-34)31(40)44-24)29(42-21(5)36)26-18(2)15-16-23(41-20(4)35)32(26,7)30(27(28)39)43-22(6)37/h16-18,24,26-30,39H,9-15H2,1-8H3/b19-17-/t18?,24-,26+,27+,28-,29+,30-,32-,33?,34-/m0/s1. The van der Waals surface area contributed by atoms with Crippen molar-refractivity contribution in [3.8, 4) is 0 Å². The summed E-state index contributed by atoms with van der Waals surface area (Å²) in [4.78, 5) is 64.4. The number of allylic oxidation sites excluding steroid dienone is 1. The lowest BCUT2D eigenvalue weighted by atomic mass is 9.56. The highest BCUT2D eigenvalue weighted by atomic mass is 16.7. The van der Waals surface area contributed by atoms with E-state index in [9.17, 15) is 29.1 Å². The molecule has 0 radical (unpaired) electrons. The van der Waals surface area contributed by atoms with Gasteiger partial charge in [-0.3, -0.25) is 19.2 Å². The topological polar surface area (TPSA) is 164 Å². The molecule has 12 nitrogen and oxygen atoms in total. The number of fused-ring (bicyclic) bond motifs is 1. The van der Waals surface area contributed by atoms with Crippen LogP contribution < -0.4 is 0 Å². The molecule has 0 aromatic carbocycles. The highest BCUT2D eigenvalue weighted by molar-refractivity contribution is 5.89. The van der Waals surface area contributed by atoms with Crippen LogP contribution in [-0.4, -0.2) is 76.7 Å². The SMILES string of the molecule is CCCCCCCC(=O)O[C@H]1/C(C)=C\[C@@H]2OC(=O)C3(C)O[C@]23[C@H](OC(C)=O)[C@H]2C(C)CC=C(OC(C)=O)[C@]2(C)[C@@H](OC(C)=O)[C@@H]1O. The average molecular weight is 649 g/mol. The number of aliphatic hydroxyl groups is 1. The highest BCUT2D eigenvalue weighted by Gasteiger charge is 2.87. The average Bonchev–Trinajstić information content (AvgIpc) is 3.55. The van der Waals surface area contributed by atoms with Crippen LogP contribution in [0.5, 0.6) is 0 Å². The Bertz CT molecular complexity index is 1300. The number of unbranched alkanes of at least 4 members (excludes halogenated alkanes) is 4. The van der Waals surface area contributed by atoms with Crippen LogP contribution in [0.1, 0.15) is 100 Å². The lowest BCUT2D eigenvalue weighted by Gasteiger charge is -2.53. The third kappa shape index (κ3) is 6.22. The van der Waals surface area contributed by atoms with Crippen molar-refractivity contribution >= 4 is 29.8 Å². The van der Waals surface area contributed by atoms with E-state index in [-0.39, 0.29) is 18.1 Å². The summed E-state index contributed by atoms with van der Waals surface area (Å²) in [5, 5.41) is 12.2. The summed E-state index contributed by atoms with van der Waals surface area (Å²) in [6.45, 7) is 12.4. The number of rotatable bonds is 10. The molecule has 12 heteroatoms. The summed E-state index contributed by atoms with van der Waals surface area (Å²) in [6, 6.07) is 0. The minimum atomic E-state index is -1.68. The minimum absolute atomic E-state index is 0.0781. The van der Waals surface area contributed by atoms with Gasteiger partial charge in [0.2, 0.25) is 0 Å². The first-order valence-electron chi connectivity index (χ1n) is 16.2. The highest BCUT2D eigenvalue weighted by Crippen LogP contribution is 2.65. The molecular formula is C34H48O12. The lowest BCUT2D eigenvalue weighted by molar-refractivity contribution is -0.204. The smallest absolute Gasteiger partial charge is 0.342 e. The van der Waals surface area contributed by atoms with E-state index in [1.807, 2.05) is 6.92 Å². The predicted molar refractivity (Wildman–Crippen MR) is 161 cm³/mol. The molecule has 0 bridgehead atoms. The fraction of sp³-hybridized carbons (Fsp3) is 0.735. The van der Waals surface area contributed by atoms with Crippen molar-refractivity contribution in [3.63, 3.8) is 0 Å². The molecule has 0 amide bonds. The van der Waals surface area contributed by atoms with Crippen LogP contribution in [0.15, 0.2) is 23.5 Å². The first-order valence-corrected chi connectivity index (χ1v) is 16.2. The Hall–Kier alpha value is -3.25. The predicted octanol–water partition coefficient (Wildman–Crippen LogP) is 4.01. The molecule has 1 spiro atoms. The van der Waals surface area contributed by atoms with Crippen molar-refractivity contribution in [2.24, 2.45) is 17.3 Å². The zero-order chi connectivity index (χ0) is 34.2. The molecule has 0 aromatic heterocycles. The number of carbonyl (C=O) groups excluding carboxylic acids is 5. The molecule has 46 heavy (non-hydrogen) atoms. The first kappa shape index (κ1) is 35.6. The molecule has 0 aromatic rings. The van der Waals surface area contributed by atoms with Crippen LogP contribution in [0, 0.1) is 17.3 Å². The van der Waals surface area contributed by atoms with Gasteiger partial charge in [-0.2, -0.15) is 0 Å². The summed E-state index contributed by atoms with van der Waals surface area (Å²) < 4.78 is 35.7. The van der Waals surface area contributed by atoms with Gasteiger partial charge in [0.25, 0.3) is 0 Å². The van der Waals surface area contributed by atoms with Gasteiger partial charge in [0.15, 0.2) is 23.4 Å². The van der Waals surface area contributed by atoms with E-state index in [1.54, 1.807) is 32.9 Å². The Morgan fingerprint density at radius 1 is 0.957 bits per heavy atom. The number of aliphatic hydroxyl groups excluding tert-OH is 1. The Labute approximate surface area is 270 Å². The summed E-state index contributed by atoms with van der Waals surface area (Å²) >= 11 is 0. The molecule has 0 saturated carbocycles. The molecule has 2 aliphatic carbocycles. The zero-order valence-electron chi connectivity index (χ0n) is 28.1. The number of carbonyl (C=O) groups is 5. The Balaban J connectivity index is 1.93. The monoisotopic (exact) mass is 648 g/mol. The molecule has 2 fully saturated rings. The van der Waals surface area contributed by atoms with E-state index >= 15 is 0 Å². The molecule has 2 unspecified atom stereocenters. The Morgan fingerprint density at radius 3 is 2.17 bits per heavy atom. The van der Waals surface area contributed by atoms with E-state index in [0.29, 0.717) is 18.4 Å². The van der Waals surface area contributed by atoms with Crippen molar-refractivity contribution in [1.29, 1.82) is 0 Å². The van der Waals surface area contributed by atoms with E-state index in [4.69, 9.17) is 28.4 Å². The minimum Gasteiger partial charge on any atom is -0.459 e. The largest absolute Gasteiger partial charge is 0.459 e. The van der Waals surface area contributed by atoms with Gasteiger partial charge in [0, 0.05) is 33.1 Å². The van der Waals surface area contributed by atoms with Gasteiger partial charge in [0.05, 0.1) is 5.41 Å². The fourth-order valence-corrected chi connectivity index (χ4v) is 7.80. The van der Waals surface area contributed by atoms with Crippen molar-refractivity contribution in [2.75, 3.05) is 0 Å². The van der Waals surface area contributed by atoms with Crippen LogP contribution in [0.25, 0.3) is 0 Å². The van der Waals surface area contributed by atoms with E-state index in [0.717, 1.165) is 25.7 Å². The van der Waals surface area contributed by atoms with Crippen molar-refractivity contribution in [1.82, 2.24) is 0 Å². The van der Waals surface area contributed by atoms with Gasteiger partial charge in [-0.15, -0.1) is 0 Å². The van der Waals surface area contributed by atoms with Crippen LogP contribution in [0.2, 0.25) is 0 Å². The van der Waals surface area contributed by atoms with E-state index < -0.39 is 82.9 Å². The van der Waals surface area contributed by atoms with Gasteiger partial charge in [-0.05, 0) is 57.3 Å². The second kappa shape index (κ2) is 13.5. The Morgan fingerprint density at radius 2 is 1.59 bits per heavy atom. The number of hydrogen-bond acceptors (Lipinski definition) is 12. The second-order valence-corrected chi connectivity index (χ2v) is 13.5. The summed E-state index contributed by atoms with van der Waals surface area (Å²) in [5.41, 5.74) is -4.30. The van der Waals surface area contributed by atoms with Gasteiger partial charge >= 0.3 is 29.8 Å². The molecule has 2 saturated heterocycles. The molecule has 10 atom stereocenters. The first-order chi connectivity index (χ1) is 21.5. The number of epoxide rings is 1. The van der Waals surface area contributed by atoms with Gasteiger partial charge in [-0.25, -0.2) is 4.79 Å². The normalized spacial score (nSPS) is 39.2. The van der Waals surface area contributed by atoms with Crippen LogP contribution >= 0.6 is 0 Å². The lowest BCUT2D eigenvalue weighted by Crippen LogP contribution is -2.63. The maximum Gasteiger partial charge on any atom is 0.342 e. The molecular weight excluding hydrogens is 600 g/mol. The quantitative estimate of drug-likeness (QED) is 0.119. The fourth-order valence-electron chi connectivity index (χ4n) is 7.80. The summed E-state index contributed by atoms with van der Waals surface area (Å²) in [6.07, 6.45) is 1.37. The molecule has 4 aliphatic rings. The maximum atomic E-state index is 13.3. The van der Waals surface area contributed by atoms with Gasteiger partial charge in [-0.1, -0.05) is 39.5 Å². The van der Waals surface area contributed by atoms with Crippen molar-refractivity contribution in [3.05, 3.63) is 23.5 Å². The van der Waals surface area contributed by atoms with Gasteiger partial charge in [0.1, 0.15) is 24.1 Å². The van der Waals surface area contributed by atoms with Gasteiger partial charge < -0.3 is 33.5 Å². The maximum absolute atomic E-state index is 13.3. The zero-order valence-corrected chi connectivity index (χ0v) is 28.1. The van der Waals surface area contributed by atoms with Crippen LogP contribution in [0.4, 0.5) is 0 Å². The Kier molecular flexibility index (Phi) is 10.4. The third-order valence-corrected chi connectivity index (χ3v) is 10.0. The molecule has 2 aliphatic heterocycles. The number of hydrogen-bond donors (Lipinski definition) is 1. The van der Waals surface area contributed by atoms with Crippen LogP contribution in [-0.2, 0) is 52.4 Å². The third-order valence-electron chi connectivity index (χ3n) is 10.0. The van der Waals surface area contributed by atoms with E-state index in [2.05, 4.69) is 6.92 Å². The molecule has 4 rings (SSSR count). The molecule has 1 N–H and O–H groups in total.